The summed E-state index contributed by atoms with van der Waals surface area (Å²) in [6, 6.07) is 3.26. The number of anilines is 1. The summed E-state index contributed by atoms with van der Waals surface area (Å²) < 4.78 is 33.1. The number of aromatic nitrogens is 1. The molecule has 2 bridgehead atoms. The standard InChI is InChI=1S/C12H17N3O3S/c1-13-9-3-2-6-14-12(9)19(16,17)15-10-7-8-4-5-11(10)18-8/h2-3,6,8,10-11,13,15H,4-5,7H2,1H3. The van der Waals surface area contributed by atoms with Crippen molar-refractivity contribution in [2.75, 3.05) is 12.4 Å². The number of nitrogens with zero attached hydrogens (tertiary/aromatic N) is 1. The molecule has 7 heteroatoms. The van der Waals surface area contributed by atoms with Crippen molar-refractivity contribution in [1.82, 2.24) is 9.71 Å². The SMILES string of the molecule is CNc1cccnc1S(=O)(=O)NC1CC2CCC1O2. The Labute approximate surface area is 112 Å². The molecule has 2 fully saturated rings. The molecule has 0 spiro atoms. The summed E-state index contributed by atoms with van der Waals surface area (Å²) in [5.74, 6) is 0. The number of fused-ring (bicyclic) bond motifs is 2. The van der Waals surface area contributed by atoms with Gasteiger partial charge in [0.25, 0.3) is 10.0 Å². The van der Waals surface area contributed by atoms with E-state index in [9.17, 15) is 8.42 Å². The molecule has 6 nitrogen and oxygen atoms in total. The van der Waals surface area contributed by atoms with Crippen LogP contribution in [0.1, 0.15) is 19.3 Å². The first-order chi connectivity index (χ1) is 9.10. The summed E-state index contributed by atoms with van der Waals surface area (Å²) in [5.41, 5.74) is 0.499. The molecule has 3 rings (SSSR count). The second-order valence-electron chi connectivity index (χ2n) is 4.94. The fraction of sp³-hybridized carbons (Fsp3) is 0.583. The van der Waals surface area contributed by atoms with Crippen molar-refractivity contribution in [3.63, 3.8) is 0 Å². The predicted molar refractivity (Wildman–Crippen MR) is 70.4 cm³/mol. The number of pyridine rings is 1. The topological polar surface area (TPSA) is 80.3 Å². The smallest absolute Gasteiger partial charge is 0.260 e. The molecule has 3 unspecified atom stereocenters. The van der Waals surface area contributed by atoms with Crippen molar-refractivity contribution in [2.24, 2.45) is 0 Å². The molecule has 1 aromatic rings. The number of nitrogens with one attached hydrogen (secondary N) is 2. The quantitative estimate of drug-likeness (QED) is 0.851. The molecule has 3 heterocycles. The molecule has 0 aromatic carbocycles. The van der Waals surface area contributed by atoms with E-state index in [1.54, 1.807) is 19.2 Å². The molecular weight excluding hydrogens is 266 g/mol. The van der Waals surface area contributed by atoms with Crippen LogP contribution in [0, 0.1) is 0 Å². The second kappa shape index (κ2) is 4.73. The zero-order valence-corrected chi connectivity index (χ0v) is 11.5. The Morgan fingerprint density at radius 3 is 2.89 bits per heavy atom. The summed E-state index contributed by atoms with van der Waals surface area (Å²) in [6.45, 7) is 0. The van der Waals surface area contributed by atoms with Gasteiger partial charge < -0.3 is 10.1 Å². The average molecular weight is 283 g/mol. The molecule has 0 radical (unpaired) electrons. The summed E-state index contributed by atoms with van der Waals surface area (Å²) in [5, 5.41) is 2.89. The van der Waals surface area contributed by atoms with Gasteiger partial charge in [0.2, 0.25) is 0 Å². The van der Waals surface area contributed by atoms with E-state index in [4.69, 9.17) is 4.74 Å². The van der Waals surface area contributed by atoms with E-state index in [2.05, 4.69) is 15.0 Å². The Hall–Kier alpha value is -1.18. The number of hydrogen-bond acceptors (Lipinski definition) is 5. The van der Waals surface area contributed by atoms with E-state index in [0.717, 1.165) is 19.3 Å². The third kappa shape index (κ3) is 2.33. The lowest BCUT2D eigenvalue weighted by atomic mass is 9.96. The molecular formula is C12H17N3O3S. The molecule has 2 N–H and O–H groups in total. The van der Waals surface area contributed by atoms with Gasteiger partial charge in [0, 0.05) is 13.2 Å². The average Bonchev–Trinajstić information content (AvgIpc) is 3.00. The minimum Gasteiger partial charge on any atom is -0.386 e. The van der Waals surface area contributed by atoms with Gasteiger partial charge in [-0.3, -0.25) is 0 Å². The van der Waals surface area contributed by atoms with E-state index in [-0.39, 0.29) is 23.3 Å². The van der Waals surface area contributed by atoms with Crippen LogP contribution in [0.5, 0.6) is 0 Å². The third-order valence-corrected chi connectivity index (χ3v) is 5.16. The minimum atomic E-state index is -3.61. The maximum atomic E-state index is 12.4. The van der Waals surface area contributed by atoms with Gasteiger partial charge in [-0.15, -0.1) is 0 Å². The van der Waals surface area contributed by atoms with Crippen molar-refractivity contribution < 1.29 is 13.2 Å². The van der Waals surface area contributed by atoms with Crippen LogP contribution in [0.4, 0.5) is 5.69 Å². The fourth-order valence-electron chi connectivity index (χ4n) is 2.81. The molecule has 104 valence electrons. The summed E-state index contributed by atoms with van der Waals surface area (Å²) in [4.78, 5) is 3.97. The van der Waals surface area contributed by atoms with Crippen molar-refractivity contribution in [3.05, 3.63) is 18.3 Å². The van der Waals surface area contributed by atoms with Gasteiger partial charge in [-0.2, -0.15) is 0 Å². The van der Waals surface area contributed by atoms with Crippen molar-refractivity contribution in [1.29, 1.82) is 0 Å². The van der Waals surface area contributed by atoms with E-state index in [1.165, 1.54) is 6.20 Å². The van der Waals surface area contributed by atoms with Crippen LogP contribution in [0.2, 0.25) is 0 Å². The number of rotatable bonds is 4. The zero-order chi connectivity index (χ0) is 13.5. The van der Waals surface area contributed by atoms with Crippen LogP contribution in [-0.2, 0) is 14.8 Å². The molecule has 0 amide bonds. The minimum absolute atomic E-state index is 0.0153. The number of ether oxygens (including phenoxy) is 1. The zero-order valence-electron chi connectivity index (χ0n) is 10.7. The van der Waals surface area contributed by atoms with Gasteiger partial charge in [0.1, 0.15) is 0 Å². The Morgan fingerprint density at radius 2 is 2.26 bits per heavy atom. The molecule has 19 heavy (non-hydrogen) atoms. The Balaban J connectivity index is 1.83. The molecule has 0 aliphatic carbocycles. The lowest BCUT2D eigenvalue weighted by Gasteiger charge is -2.20. The highest BCUT2D eigenvalue weighted by Crippen LogP contribution is 2.35. The first kappa shape index (κ1) is 12.8. The van der Waals surface area contributed by atoms with Crippen molar-refractivity contribution in [2.45, 2.75) is 42.5 Å². The van der Waals surface area contributed by atoms with Crippen molar-refractivity contribution in [3.8, 4) is 0 Å². The van der Waals surface area contributed by atoms with Crippen LogP contribution in [0.3, 0.4) is 0 Å². The highest BCUT2D eigenvalue weighted by atomic mass is 32.2. The molecule has 2 aliphatic heterocycles. The number of sulfonamides is 1. The van der Waals surface area contributed by atoms with Crippen LogP contribution in [0.15, 0.2) is 23.4 Å². The predicted octanol–water partition coefficient (Wildman–Crippen LogP) is 0.721. The van der Waals surface area contributed by atoms with Crippen LogP contribution in [-0.4, -0.2) is 38.7 Å². The van der Waals surface area contributed by atoms with E-state index >= 15 is 0 Å². The molecule has 2 aliphatic rings. The Morgan fingerprint density at radius 1 is 1.42 bits per heavy atom. The normalized spacial score (nSPS) is 29.6. The van der Waals surface area contributed by atoms with Gasteiger partial charge in [-0.05, 0) is 31.4 Å². The van der Waals surface area contributed by atoms with Gasteiger partial charge >= 0.3 is 0 Å². The maximum Gasteiger partial charge on any atom is 0.260 e. The first-order valence-corrected chi connectivity index (χ1v) is 7.89. The molecule has 2 saturated heterocycles. The lowest BCUT2D eigenvalue weighted by molar-refractivity contribution is 0.0996. The summed E-state index contributed by atoms with van der Waals surface area (Å²) in [7, 11) is -1.94. The maximum absolute atomic E-state index is 12.4. The van der Waals surface area contributed by atoms with E-state index < -0.39 is 10.0 Å². The highest BCUT2D eigenvalue weighted by Gasteiger charge is 2.43. The molecule has 0 saturated carbocycles. The van der Waals surface area contributed by atoms with Gasteiger partial charge in [-0.1, -0.05) is 0 Å². The van der Waals surface area contributed by atoms with Gasteiger partial charge in [-0.25, -0.2) is 18.1 Å². The van der Waals surface area contributed by atoms with Gasteiger partial charge in [0.15, 0.2) is 5.03 Å². The lowest BCUT2D eigenvalue weighted by Crippen LogP contribution is -2.41. The van der Waals surface area contributed by atoms with Gasteiger partial charge in [0.05, 0.1) is 23.9 Å². The fourth-order valence-corrected chi connectivity index (χ4v) is 4.23. The second-order valence-corrected chi connectivity index (χ2v) is 6.57. The Kier molecular flexibility index (Phi) is 3.20. The van der Waals surface area contributed by atoms with E-state index in [0.29, 0.717) is 5.69 Å². The monoisotopic (exact) mass is 283 g/mol. The van der Waals surface area contributed by atoms with Crippen LogP contribution in [0.25, 0.3) is 0 Å². The third-order valence-electron chi connectivity index (χ3n) is 3.71. The molecule has 1 aromatic heterocycles. The van der Waals surface area contributed by atoms with E-state index in [1.807, 2.05) is 0 Å². The summed E-state index contributed by atoms with van der Waals surface area (Å²) >= 11 is 0. The van der Waals surface area contributed by atoms with Crippen molar-refractivity contribution >= 4 is 15.7 Å². The Bertz CT molecular complexity index is 575. The summed E-state index contributed by atoms with van der Waals surface area (Å²) in [6.07, 6.45) is 4.43. The molecule has 3 atom stereocenters. The van der Waals surface area contributed by atoms with Crippen LogP contribution < -0.4 is 10.0 Å². The largest absolute Gasteiger partial charge is 0.386 e. The highest BCUT2D eigenvalue weighted by molar-refractivity contribution is 7.89. The first-order valence-electron chi connectivity index (χ1n) is 6.41. The van der Waals surface area contributed by atoms with Crippen LogP contribution >= 0.6 is 0 Å². The number of hydrogen-bond donors (Lipinski definition) is 2.